The van der Waals surface area contributed by atoms with Crippen LogP contribution in [0.1, 0.15) is 13.8 Å². The summed E-state index contributed by atoms with van der Waals surface area (Å²) in [7, 11) is 0. The summed E-state index contributed by atoms with van der Waals surface area (Å²) in [6.45, 7) is 4.80. The third-order valence-corrected chi connectivity index (χ3v) is 1.74. The minimum Gasteiger partial charge on any atom is -0.396 e. The third-order valence-electron chi connectivity index (χ3n) is 1.74. The van der Waals surface area contributed by atoms with E-state index in [4.69, 9.17) is 5.11 Å². The van der Waals surface area contributed by atoms with Crippen molar-refractivity contribution in [3.63, 3.8) is 0 Å². The van der Waals surface area contributed by atoms with Crippen LogP contribution >= 0.6 is 0 Å². The van der Waals surface area contributed by atoms with Gasteiger partial charge in [0, 0.05) is 31.0 Å². The Morgan fingerprint density at radius 3 is 2.77 bits per heavy atom. The maximum atomic E-state index is 9.00. The van der Waals surface area contributed by atoms with Crippen molar-refractivity contribution in [1.82, 2.24) is 9.97 Å². The first kappa shape index (κ1) is 9.92. The van der Waals surface area contributed by atoms with E-state index in [1.54, 1.807) is 18.6 Å². The molecule has 4 nitrogen and oxygen atoms in total. The van der Waals surface area contributed by atoms with Gasteiger partial charge in [0.1, 0.15) is 5.82 Å². The zero-order valence-corrected chi connectivity index (χ0v) is 7.99. The monoisotopic (exact) mass is 181 g/mol. The van der Waals surface area contributed by atoms with Crippen molar-refractivity contribution in [3.05, 3.63) is 18.6 Å². The molecule has 0 aromatic carbocycles. The molecule has 0 aliphatic heterocycles. The Balaban J connectivity index is 2.44. The van der Waals surface area contributed by atoms with E-state index in [1.807, 2.05) is 13.8 Å². The van der Waals surface area contributed by atoms with Crippen LogP contribution in [0.4, 0.5) is 5.82 Å². The van der Waals surface area contributed by atoms with Crippen molar-refractivity contribution in [1.29, 1.82) is 0 Å². The van der Waals surface area contributed by atoms with Crippen LogP contribution in [0.25, 0.3) is 0 Å². The van der Waals surface area contributed by atoms with Gasteiger partial charge in [-0.2, -0.15) is 0 Å². The van der Waals surface area contributed by atoms with Crippen LogP contribution in [-0.2, 0) is 0 Å². The van der Waals surface area contributed by atoms with Crippen molar-refractivity contribution < 1.29 is 5.11 Å². The Bertz CT molecular complexity index is 248. The highest BCUT2D eigenvalue weighted by Crippen LogP contribution is 2.13. The molecule has 0 saturated carbocycles. The van der Waals surface area contributed by atoms with Gasteiger partial charge in [0.25, 0.3) is 0 Å². The number of hydrogen-bond donors (Lipinski definition) is 2. The second-order valence-corrected chi connectivity index (χ2v) is 3.77. The zero-order chi connectivity index (χ0) is 9.73. The smallest absolute Gasteiger partial charge is 0.144 e. The van der Waals surface area contributed by atoms with Crippen LogP contribution in [0, 0.1) is 5.41 Å². The normalized spacial score (nSPS) is 11.3. The highest BCUT2D eigenvalue weighted by atomic mass is 16.3. The number of hydrogen-bond acceptors (Lipinski definition) is 4. The van der Waals surface area contributed by atoms with E-state index in [0.717, 1.165) is 5.82 Å². The van der Waals surface area contributed by atoms with Gasteiger partial charge < -0.3 is 10.4 Å². The van der Waals surface area contributed by atoms with Crippen molar-refractivity contribution in [2.45, 2.75) is 13.8 Å². The van der Waals surface area contributed by atoms with Gasteiger partial charge >= 0.3 is 0 Å². The molecular formula is C9H15N3O. The molecule has 0 unspecified atom stereocenters. The lowest BCUT2D eigenvalue weighted by molar-refractivity contribution is 0.170. The van der Waals surface area contributed by atoms with Crippen molar-refractivity contribution in [2.75, 3.05) is 18.5 Å². The second kappa shape index (κ2) is 4.18. The second-order valence-electron chi connectivity index (χ2n) is 3.77. The molecule has 1 rings (SSSR count). The zero-order valence-electron chi connectivity index (χ0n) is 7.99. The van der Waals surface area contributed by atoms with Gasteiger partial charge in [-0.3, -0.25) is 4.98 Å². The minimum atomic E-state index is -0.127. The fourth-order valence-corrected chi connectivity index (χ4v) is 0.776. The van der Waals surface area contributed by atoms with Gasteiger partial charge in [-0.1, -0.05) is 13.8 Å². The molecule has 0 amide bonds. The van der Waals surface area contributed by atoms with E-state index < -0.39 is 0 Å². The van der Waals surface area contributed by atoms with E-state index >= 15 is 0 Å². The molecule has 0 atom stereocenters. The maximum Gasteiger partial charge on any atom is 0.144 e. The molecule has 0 spiro atoms. The Morgan fingerprint density at radius 2 is 2.23 bits per heavy atom. The summed E-state index contributed by atoms with van der Waals surface area (Å²) in [5, 5.41) is 12.1. The first-order valence-corrected chi connectivity index (χ1v) is 4.25. The summed E-state index contributed by atoms with van der Waals surface area (Å²) in [6.07, 6.45) is 4.92. The molecule has 0 radical (unpaired) electrons. The number of nitrogens with zero attached hydrogens (tertiary/aromatic N) is 2. The molecule has 1 aromatic heterocycles. The number of anilines is 1. The van der Waals surface area contributed by atoms with Crippen LogP contribution < -0.4 is 5.32 Å². The van der Waals surface area contributed by atoms with Crippen LogP contribution in [0.5, 0.6) is 0 Å². The maximum absolute atomic E-state index is 9.00. The van der Waals surface area contributed by atoms with Crippen LogP contribution in [0.15, 0.2) is 18.6 Å². The third kappa shape index (κ3) is 3.38. The van der Waals surface area contributed by atoms with Gasteiger partial charge in [-0.15, -0.1) is 0 Å². The van der Waals surface area contributed by atoms with Crippen molar-refractivity contribution in [2.24, 2.45) is 5.41 Å². The average molecular weight is 181 g/mol. The summed E-state index contributed by atoms with van der Waals surface area (Å²) in [6, 6.07) is 0. The highest BCUT2D eigenvalue weighted by molar-refractivity contribution is 5.29. The summed E-state index contributed by atoms with van der Waals surface area (Å²) in [5.74, 6) is 0.740. The van der Waals surface area contributed by atoms with E-state index in [1.165, 1.54) is 0 Å². The molecule has 0 aliphatic carbocycles. The van der Waals surface area contributed by atoms with Gasteiger partial charge in [0.15, 0.2) is 0 Å². The van der Waals surface area contributed by atoms with Gasteiger partial charge in [0.2, 0.25) is 0 Å². The summed E-state index contributed by atoms with van der Waals surface area (Å²) in [4.78, 5) is 7.98. The number of aliphatic hydroxyl groups excluding tert-OH is 1. The predicted molar refractivity (Wildman–Crippen MR) is 51.4 cm³/mol. The summed E-state index contributed by atoms with van der Waals surface area (Å²) in [5.41, 5.74) is -0.127. The van der Waals surface area contributed by atoms with E-state index in [2.05, 4.69) is 15.3 Å². The number of aliphatic hydroxyl groups is 1. The number of aromatic nitrogens is 2. The SMILES string of the molecule is CC(C)(CO)CNc1cnccn1. The molecule has 1 heterocycles. The minimum absolute atomic E-state index is 0.127. The molecule has 1 aromatic rings. The van der Waals surface area contributed by atoms with Crippen LogP contribution in [0.3, 0.4) is 0 Å². The van der Waals surface area contributed by atoms with Gasteiger partial charge in [0.05, 0.1) is 6.20 Å². The number of rotatable bonds is 4. The fraction of sp³-hybridized carbons (Fsp3) is 0.556. The summed E-state index contributed by atoms with van der Waals surface area (Å²) >= 11 is 0. The van der Waals surface area contributed by atoms with E-state index in [-0.39, 0.29) is 12.0 Å². The molecular weight excluding hydrogens is 166 g/mol. The molecule has 0 aliphatic rings. The Kier molecular flexibility index (Phi) is 3.19. The summed E-state index contributed by atoms with van der Waals surface area (Å²) < 4.78 is 0. The first-order valence-electron chi connectivity index (χ1n) is 4.25. The lowest BCUT2D eigenvalue weighted by Crippen LogP contribution is -2.27. The molecule has 72 valence electrons. The quantitative estimate of drug-likeness (QED) is 0.724. The lowest BCUT2D eigenvalue weighted by Gasteiger charge is -2.21. The van der Waals surface area contributed by atoms with Gasteiger partial charge in [-0.05, 0) is 0 Å². The number of nitrogens with one attached hydrogen (secondary N) is 1. The van der Waals surface area contributed by atoms with Crippen LogP contribution in [0.2, 0.25) is 0 Å². The van der Waals surface area contributed by atoms with Crippen LogP contribution in [-0.4, -0.2) is 28.2 Å². The lowest BCUT2D eigenvalue weighted by atomic mass is 9.95. The topological polar surface area (TPSA) is 58.0 Å². The van der Waals surface area contributed by atoms with E-state index in [0.29, 0.717) is 6.54 Å². The fourth-order valence-electron chi connectivity index (χ4n) is 0.776. The Hall–Kier alpha value is -1.16. The standard InChI is InChI=1S/C9H15N3O/c1-9(2,7-13)6-12-8-5-10-3-4-11-8/h3-5,13H,6-7H2,1-2H3,(H,11,12). The average Bonchev–Trinajstić information content (AvgIpc) is 2.17. The molecule has 13 heavy (non-hydrogen) atoms. The molecule has 0 bridgehead atoms. The predicted octanol–water partition coefficient (Wildman–Crippen LogP) is 0.907. The Labute approximate surface area is 78.0 Å². The van der Waals surface area contributed by atoms with Crippen molar-refractivity contribution >= 4 is 5.82 Å². The molecule has 4 heteroatoms. The molecule has 0 fully saturated rings. The largest absolute Gasteiger partial charge is 0.396 e. The van der Waals surface area contributed by atoms with Crippen molar-refractivity contribution in [3.8, 4) is 0 Å². The van der Waals surface area contributed by atoms with Gasteiger partial charge in [-0.25, -0.2) is 4.98 Å². The first-order chi connectivity index (χ1) is 6.14. The van der Waals surface area contributed by atoms with E-state index in [9.17, 15) is 0 Å². The molecule has 2 N–H and O–H groups in total. The highest BCUT2D eigenvalue weighted by Gasteiger charge is 2.15. The molecule has 0 saturated heterocycles. The Morgan fingerprint density at radius 1 is 1.46 bits per heavy atom.